The molecule has 1 N–H and O–H groups in total. The Hall–Kier alpha value is -1.98. The van der Waals surface area contributed by atoms with Crippen LogP contribution >= 0.6 is 0 Å². The van der Waals surface area contributed by atoms with Gasteiger partial charge >= 0.3 is 0 Å². The van der Waals surface area contributed by atoms with Crippen molar-refractivity contribution in [2.75, 3.05) is 26.3 Å². The van der Waals surface area contributed by atoms with Crippen LogP contribution in [0.3, 0.4) is 0 Å². The topological polar surface area (TPSA) is 62.7 Å². The average Bonchev–Trinajstić information content (AvgIpc) is 2.61. The van der Waals surface area contributed by atoms with E-state index in [-0.39, 0.29) is 18.6 Å². The van der Waals surface area contributed by atoms with E-state index >= 15 is 0 Å². The maximum Gasteiger partial charge on any atom is 0.255 e. The van der Waals surface area contributed by atoms with E-state index in [4.69, 9.17) is 9.84 Å². The highest BCUT2D eigenvalue weighted by Gasteiger charge is 2.25. The van der Waals surface area contributed by atoms with Gasteiger partial charge in [0, 0.05) is 31.7 Å². The fourth-order valence-corrected chi connectivity index (χ4v) is 3.30. The molecule has 2 aromatic rings. The molecule has 134 valence electrons. The molecule has 2 heterocycles. The first kappa shape index (κ1) is 17.8. The van der Waals surface area contributed by atoms with E-state index in [1.165, 1.54) is 5.56 Å². The lowest BCUT2D eigenvalue weighted by atomic mass is 10.0. The number of nitrogens with zero attached hydrogens (tertiary/aromatic N) is 2. The highest BCUT2D eigenvalue weighted by molar-refractivity contribution is 5.98. The summed E-state index contributed by atoms with van der Waals surface area (Å²) in [7, 11) is 0. The number of likely N-dealkylation sites (tertiary alicyclic amines) is 1. The molecule has 0 spiro atoms. The van der Waals surface area contributed by atoms with Crippen molar-refractivity contribution in [3.63, 3.8) is 0 Å². The molecule has 1 fully saturated rings. The first-order chi connectivity index (χ1) is 12.1. The van der Waals surface area contributed by atoms with Crippen molar-refractivity contribution in [2.45, 2.75) is 39.2 Å². The predicted octanol–water partition coefficient (Wildman–Crippen LogP) is 2.86. The number of piperidine rings is 1. The smallest absolute Gasteiger partial charge is 0.255 e. The van der Waals surface area contributed by atoms with Crippen LogP contribution in [-0.2, 0) is 4.74 Å². The predicted molar refractivity (Wildman–Crippen MR) is 97.8 cm³/mol. The third-order valence-corrected chi connectivity index (χ3v) is 4.78. The number of amides is 1. The van der Waals surface area contributed by atoms with Crippen molar-refractivity contribution in [1.82, 2.24) is 9.88 Å². The molecule has 5 nitrogen and oxygen atoms in total. The zero-order chi connectivity index (χ0) is 17.8. The monoisotopic (exact) mass is 342 g/mol. The molecule has 0 bridgehead atoms. The first-order valence-corrected chi connectivity index (χ1v) is 8.98. The van der Waals surface area contributed by atoms with Crippen LogP contribution in [-0.4, -0.2) is 53.3 Å². The van der Waals surface area contributed by atoms with Gasteiger partial charge in [-0.25, -0.2) is 0 Å². The lowest BCUT2D eigenvalue weighted by Crippen LogP contribution is -2.41. The number of aromatic nitrogens is 1. The molecule has 0 unspecified atom stereocenters. The van der Waals surface area contributed by atoms with Gasteiger partial charge in [0.15, 0.2) is 0 Å². The Balaban J connectivity index is 1.68. The fourth-order valence-electron chi connectivity index (χ4n) is 3.30. The standard InChI is InChI=1S/C20H26N2O3/c1-14-4-5-16-13-18(15(2)21-19(16)12-14)20(24)22-8-6-17(7-9-22)25-11-3-10-23/h4-5,12-13,17,23H,3,6-11H2,1-2H3. The highest BCUT2D eigenvalue weighted by Crippen LogP contribution is 2.21. The third kappa shape index (κ3) is 4.17. The molecule has 3 rings (SSSR count). The number of hydrogen-bond acceptors (Lipinski definition) is 4. The summed E-state index contributed by atoms with van der Waals surface area (Å²) in [5, 5.41) is 9.82. The number of rotatable bonds is 5. The maximum atomic E-state index is 12.9. The molecule has 1 aromatic carbocycles. The molecular weight excluding hydrogens is 316 g/mol. The van der Waals surface area contributed by atoms with Gasteiger partial charge in [-0.1, -0.05) is 12.1 Å². The van der Waals surface area contributed by atoms with Gasteiger partial charge in [0.1, 0.15) is 0 Å². The van der Waals surface area contributed by atoms with Crippen molar-refractivity contribution < 1.29 is 14.6 Å². The van der Waals surface area contributed by atoms with E-state index in [9.17, 15) is 4.79 Å². The number of hydrogen-bond donors (Lipinski definition) is 1. The van der Waals surface area contributed by atoms with E-state index in [0.717, 1.165) is 29.4 Å². The zero-order valence-corrected chi connectivity index (χ0v) is 15.0. The fraction of sp³-hybridized carbons (Fsp3) is 0.500. The molecular formula is C20H26N2O3. The number of aliphatic hydroxyl groups excluding tert-OH is 1. The summed E-state index contributed by atoms with van der Waals surface area (Å²) in [4.78, 5) is 19.4. The van der Waals surface area contributed by atoms with Crippen LogP contribution in [0.2, 0.25) is 0 Å². The lowest BCUT2D eigenvalue weighted by molar-refractivity contribution is 0.00395. The molecule has 0 atom stereocenters. The summed E-state index contributed by atoms with van der Waals surface area (Å²) < 4.78 is 5.74. The van der Waals surface area contributed by atoms with Crippen LogP contribution in [0.4, 0.5) is 0 Å². The van der Waals surface area contributed by atoms with Gasteiger partial charge in [-0.15, -0.1) is 0 Å². The number of fused-ring (bicyclic) bond motifs is 1. The molecule has 1 amide bonds. The van der Waals surface area contributed by atoms with Gasteiger partial charge < -0.3 is 14.7 Å². The van der Waals surface area contributed by atoms with Crippen molar-refractivity contribution in [2.24, 2.45) is 0 Å². The van der Waals surface area contributed by atoms with Crippen LogP contribution < -0.4 is 0 Å². The van der Waals surface area contributed by atoms with Gasteiger partial charge in [-0.3, -0.25) is 9.78 Å². The van der Waals surface area contributed by atoms with Gasteiger partial charge in [0.05, 0.1) is 22.9 Å². The highest BCUT2D eigenvalue weighted by atomic mass is 16.5. The minimum absolute atomic E-state index is 0.0567. The zero-order valence-electron chi connectivity index (χ0n) is 15.0. The summed E-state index contributed by atoms with van der Waals surface area (Å²) in [6, 6.07) is 8.08. The van der Waals surface area contributed by atoms with E-state index in [2.05, 4.69) is 4.98 Å². The normalized spacial score (nSPS) is 15.7. The summed E-state index contributed by atoms with van der Waals surface area (Å²) in [6.07, 6.45) is 2.54. The van der Waals surface area contributed by atoms with E-state index < -0.39 is 0 Å². The molecule has 1 aromatic heterocycles. The van der Waals surface area contributed by atoms with Crippen molar-refractivity contribution >= 4 is 16.8 Å². The molecule has 1 saturated heterocycles. The molecule has 1 aliphatic heterocycles. The average molecular weight is 342 g/mol. The quantitative estimate of drug-likeness (QED) is 0.849. The van der Waals surface area contributed by atoms with Crippen molar-refractivity contribution in [1.29, 1.82) is 0 Å². The molecule has 1 aliphatic rings. The molecule has 5 heteroatoms. The second kappa shape index (κ2) is 7.93. The number of benzene rings is 1. The van der Waals surface area contributed by atoms with E-state index in [1.807, 2.05) is 43.0 Å². The van der Waals surface area contributed by atoms with Crippen LogP contribution in [0.5, 0.6) is 0 Å². The molecule has 0 radical (unpaired) electrons. The van der Waals surface area contributed by atoms with Crippen LogP contribution in [0.15, 0.2) is 24.3 Å². The maximum absolute atomic E-state index is 12.9. The largest absolute Gasteiger partial charge is 0.396 e. The Labute approximate surface area is 148 Å². The third-order valence-electron chi connectivity index (χ3n) is 4.78. The number of pyridine rings is 1. The second-order valence-electron chi connectivity index (χ2n) is 6.76. The number of aliphatic hydroxyl groups is 1. The summed E-state index contributed by atoms with van der Waals surface area (Å²) >= 11 is 0. The molecule has 0 saturated carbocycles. The Morgan fingerprint density at radius 2 is 2.04 bits per heavy atom. The second-order valence-corrected chi connectivity index (χ2v) is 6.76. The lowest BCUT2D eigenvalue weighted by Gasteiger charge is -2.32. The van der Waals surface area contributed by atoms with Gasteiger partial charge in [-0.2, -0.15) is 0 Å². The Kier molecular flexibility index (Phi) is 5.66. The van der Waals surface area contributed by atoms with Gasteiger partial charge in [0.25, 0.3) is 5.91 Å². The van der Waals surface area contributed by atoms with Crippen LogP contribution in [0, 0.1) is 13.8 Å². The number of carbonyl (C=O) groups excluding carboxylic acids is 1. The van der Waals surface area contributed by atoms with E-state index in [0.29, 0.717) is 31.7 Å². The summed E-state index contributed by atoms with van der Waals surface area (Å²) in [6.45, 7) is 6.09. The molecule has 25 heavy (non-hydrogen) atoms. The molecule has 0 aliphatic carbocycles. The first-order valence-electron chi connectivity index (χ1n) is 8.98. The number of carbonyl (C=O) groups is 1. The van der Waals surface area contributed by atoms with Gasteiger partial charge in [0.2, 0.25) is 0 Å². The van der Waals surface area contributed by atoms with E-state index in [1.54, 1.807) is 0 Å². The number of aryl methyl sites for hydroxylation is 2. The minimum atomic E-state index is 0.0567. The van der Waals surface area contributed by atoms with Crippen molar-refractivity contribution in [3.8, 4) is 0 Å². The summed E-state index contributed by atoms with van der Waals surface area (Å²) in [5.74, 6) is 0.0567. The Morgan fingerprint density at radius 3 is 2.76 bits per heavy atom. The van der Waals surface area contributed by atoms with Crippen LogP contribution in [0.1, 0.15) is 40.9 Å². The van der Waals surface area contributed by atoms with Gasteiger partial charge in [-0.05, 0) is 50.8 Å². The summed E-state index contributed by atoms with van der Waals surface area (Å²) in [5.41, 5.74) is 3.58. The number of ether oxygens (including phenoxy) is 1. The van der Waals surface area contributed by atoms with Crippen LogP contribution in [0.25, 0.3) is 10.9 Å². The SMILES string of the molecule is Cc1ccc2cc(C(=O)N3CCC(OCCCO)CC3)c(C)nc2c1. The van der Waals surface area contributed by atoms with Crippen molar-refractivity contribution in [3.05, 3.63) is 41.1 Å². The Bertz CT molecular complexity index is 752. The minimum Gasteiger partial charge on any atom is -0.396 e. The Morgan fingerprint density at radius 1 is 1.28 bits per heavy atom.